The number of nitrogens with zero attached hydrogens (tertiary/aromatic N) is 2. The Labute approximate surface area is 101 Å². The van der Waals surface area contributed by atoms with Gasteiger partial charge in [0.2, 0.25) is 5.95 Å². The molecule has 0 saturated carbocycles. The van der Waals surface area contributed by atoms with Crippen molar-refractivity contribution in [1.29, 1.82) is 0 Å². The van der Waals surface area contributed by atoms with E-state index in [1.807, 2.05) is 0 Å². The summed E-state index contributed by atoms with van der Waals surface area (Å²) >= 11 is 0. The van der Waals surface area contributed by atoms with Crippen molar-refractivity contribution < 1.29 is 0 Å². The number of nitrogens with one attached hydrogen (secondary N) is 2. The molecule has 2 N–H and O–H groups in total. The number of H-pyrrole nitrogens is 1. The van der Waals surface area contributed by atoms with Gasteiger partial charge in [0.25, 0.3) is 0 Å². The van der Waals surface area contributed by atoms with Crippen molar-refractivity contribution in [3.8, 4) is 0 Å². The molecule has 1 aromatic carbocycles. The molecule has 1 aliphatic heterocycles. The normalized spacial score (nSPS) is 16.7. The van der Waals surface area contributed by atoms with Gasteiger partial charge in [0, 0.05) is 26.2 Å². The third kappa shape index (κ3) is 1.89. The molecular weight excluding hydrogens is 212 g/mol. The van der Waals surface area contributed by atoms with Gasteiger partial charge in [-0.25, -0.2) is 4.98 Å². The highest BCUT2D eigenvalue weighted by Crippen LogP contribution is 2.22. The number of rotatable bonds is 1. The molecule has 17 heavy (non-hydrogen) atoms. The van der Waals surface area contributed by atoms with Crippen molar-refractivity contribution in [2.75, 3.05) is 31.1 Å². The molecule has 0 spiro atoms. The van der Waals surface area contributed by atoms with Gasteiger partial charge in [0.05, 0.1) is 11.0 Å². The third-order valence-corrected chi connectivity index (χ3v) is 3.33. The number of benzene rings is 1. The van der Waals surface area contributed by atoms with Gasteiger partial charge in [0.1, 0.15) is 0 Å². The number of aromatic amines is 1. The molecule has 2 heterocycles. The smallest absolute Gasteiger partial charge is 0.203 e. The third-order valence-electron chi connectivity index (χ3n) is 3.33. The second-order valence-corrected chi connectivity index (χ2v) is 4.78. The molecule has 3 rings (SSSR count). The highest BCUT2D eigenvalue weighted by atomic mass is 15.3. The highest BCUT2D eigenvalue weighted by molar-refractivity contribution is 5.81. The van der Waals surface area contributed by atoms with Crippen LogP contribution in [0.15, 0.2) is 12.1 Å². The van der Waals surface area contributed by atoms with Crippen LogP contribution in [-0.2, 0) is 0 Å². The maximum absolute atomic E-state index is 4.72. The van der Waals surface area contributed by atoms with Crippen LogP contribution in [0, 0.1) is 13.8 Å². The molecule has 0 bridgehead atoms. The first-order valence-electron chi connectivity index (χ1n) is 6.17. The molecular formula is C13H18N4. The number of anilines is 1. The number of hydrogen-bond acceptors (Lipinski definition) is 3. The second-order valence-electron chi connectivity index (χ2n) is 4.78. The molecule has 4 nitrogen and oxygen atoms in total. The lowest BCUT2D eigenvalue weighted by atomic mass is 10.1. The first kappa shape index (κ1) is 10.6. The van der Waals surface area contributed by atoms with Crippen LogP contribution in [0.4, 0.5) is 5.95 Å². The largest absolute Gasteiger partial charge is 0.340 e. The first-order valence-corrected chi connectivity index (χ1v) is 6.17. The zero-order valence-corrected chi connectivity index (χ0v) is 10.4. The van der Waals surface area contributed by atoms with Crippen LogP contribution in [0.2, 0.25) is 0 Å². The zero-order chi connectivity index (χ0) is 11.8. The predicted octanol–water partition coefficient (Wildman–Crippen LogP) is 1.59. The standard InChI is InChI=1S/C13H18N4/c1-9-7-10(2)12-11(8-9)15-13(16-12)17-5-3-14-4-6-17/h7-8,14H,3-6H2,1-2H3,(H,15,16). The molecule has 0 aliphatic carbocycles. The monoisotopic (exact) mass is 230 g/mol. The fourth-order valence-corrected chi connectivity index (χ4v) is 2.48. The van der Waals surface area contributed by atoms with E-state index < -0.39 is 0 Å². The summed E-state index contributed by atoms with van der Waals surface area (Å²) in [6.07, 6.45) is 0. The Balaban J connectivity index is 2.03. The van der Waals surface area contributed by atoms with E-state index in [1.165, 1.54) is 11.1 Å². The van der Waals surface area contributed by atoms with Gasteiger partial charge in [-0.3, -0.25) is 0 Å². The van der Waals surface area contributed by atoms with Crippen LogP contribution in [0.5, 0.6) is 0 Å². The summed E-state index contributed by atoms with van der Waals surface area (Å²) < 4.78 is 0. The number of aryl methyl sites for hydroxylation is 2. The van der Waals surface area contributed by atoms with E-state index in [4.69, 9.17) is 4.98 Å². The van der Waals surface area contributed by atoms with E-state index in [9.17, 15) is 0 Å². The lowest BCUT2D eigenvalue weighted by molar-refractivity contribution is 0.582. The SMILES string of the molecule is Cc1cc(C)c2nc(N3CCNCC3)[nH]c2c1. The van der Waals surface area contributed by atoms with E-state index in [-0.39, 0.29) is 0 Å². The highest BCUT2D eigenvalue weighted by Gasteiger charge is 2.14. The molecule has 1 fully saturated rings. The quantitative estimate of drug-likeness (QED) is 0.782. The van der Waals surface area contributed by atoms with E-state index in [2.05, 4.69) is 41.2 Å². The number of hydrogen-bond donors (Lipinski definition) is 2. The predicted molar refractivity (Wildman–Crippen MR) is 70.7 cm³/mol. The molecule has 1 aliphatic rings. The Kier molecular flexibility index (Phi) is 2.52. The molecule has 0 unspecified atom stereocenters. The van der Waals surface area contributed by atoms with Crippen LogP contribution in [-0.4, -0.2) is 36.1 Å². The number of imidazole rings is 1. The number of piperazine rings is 1. The van der Waals surface area contributed by atoms with Crippen molar-refractivity contribution in [2.45, 2.75) is 13.8 Å². The van der Waals surface area contributed by atoms with E-state index in [0.717, 1.165) is 43.2 Å². The summed E-state index contributed by atoms with van der Waals surface area (Å²) in [6, 6.07) is 4.35. The van der Waals surface area contributed by atoms with Gasteiger partial charge in [-0.1, -0.05) is 6.07 Å². The first-order chi connectivity index (χ1) is 8.24. The molecule has 0 atom stereocenters. The maximum Gasteiger partial charge on any atom is 0.203 e. The topological polar surface area (TPSA) is 44.0 Å². The summed E-state index contributed by atoms with van der Waals surface area (Å²) in [6.45, 7) is 8.37. The van der Waals surface area contributed by atoms with Crippen molar-refractivity contribution in [1.82, 2.24) is 15.3 Å². The van der Waals surface area contributed by atoms with Crippen molar-refractivity contribution >= 4 is 17.0 Å². The van der Waals surface area contributed by atoms with Crippen LogP contribution in [0.25, 0.3) is 11.0 Å². The average Bonchev–Trinajstić information content (AvgIpc) is 2.74. The Morgan fingerprint density at radius 2 is 1.94 bits per heavy atom. The lowest BCUT2D eigenvalue weighted by Crippen LogP contribution is -2.44. The minimum atomic E-state index is 1.01. The number of fused-ring (bicyclic) bond motifs is 1. The van der Waals surface area contributed by atoms with Gasteiger partial charge in [-0.2, -0.15) is 0 Å². The summed E-state index contributed by atoms with van der Waals surface area (Å²) in [4.78, 5) is 10.5. The Morgan fingerprint density at radius 3 is 2.71 bits per heavy atom. The van der Waals surface area contributed by atoms with Crippen LogP contribution >= 0.6 is 0 Å². The minimum Gasteiger partial charge on any atom is -0.340 e. The average molecular weight is 230 g/mol. The van der Waals surface area contributed by atoms with E-state index >= 15 is 0 Å². The molecule has 1 aromatic heterocycles. The summed E-state index contributed by atoms with van der Waals surface area (Å²) in [5.41, 5.74) is 4.78. The van der Waals surface area contributed by atoms with Crippen LogP contribution < -0.4 is 10.2 Å². The summed E-state index contributed by atoms with van der Waals surface area (Å²) in [5, 5.41) is 3.36. The molecule has 0 radical (unpaired) electrons. The molecule has 90 valence electrons. The maximum atomic E-state index is 4.72. The minimum absolute atomic E-state index is 1.01. The fraction of sp³-hybridized carbons (Fsp3) is 0.462. The van der Waals surface area contributed by atoms with E-state index in [1.54, 1.807) is 0 Å². The lowest BCUT2D eigenvalue weighted by Gasteiger charge is -2.26. The van der Waals surface area contributed by atoms with Gasteiger partial charge in [-0.05, 0) is 31.0 Å². The van der Waals surface area contributed by atoms with Gasteiger partial charge < -0.3 is 15.2 Å². The fourth-order valence-electron chi connectivity index (χ4n) is 2.48. The Morgan fingerprint density at radius 1 is 1.18 bits per heavy atom. The van der Waals surface area contributed by atoms with Crippen molar-refractivity contribution in [3.05, 3.63) is 23.3 Å². The van der Waals surface area contributed by atoms with Crippen molar-refractivity contribution in [3.63, 3.8) is 0 Å². The van der Waals surface area contributed by atoms with Crippen molar-refractivity contribution in [2.24, 2.45) is 0 Å². The molecule has 0 amide bonds. The van der Waals surface area contributed by atoms with Crippen LogP contribution in [0.1, 0.15) is 11.1 Å². The second kappa shape index (κ2) is 4.04. The molecule has 4 heteroatoms. The Hall–Kier alpha value is -1.55. The molecule has 2 aromatic rings. The van der Waals surface area contributed by atoms with E-state index in [0.29, 0.717) is 0 Å². The van der Waals surface area contributed by atoms with Gasteiger partial charge >= 0.3 is 0 Å². The summed E-state index contributed by atoms with van der Waals surface area (Å²) in [7, 11) is 0. The Bertz CT molecular complexity index is 538. The number of aromatic nitrogens is 2. The van der Waals surface area contributed by atoms with Crippen LogP contribution in [0.3, 0.4) is 0 Å². The van der Waals surface area contributed by atoms with Gasteiger partial charge in [0.15, 0.2) is 0 Å². The van der Waals surface area contributed by atoms with Gasteiger partial charge in [-0.15, -0.1) is 0 Å². The summed E-state index contributed by atoms with van der Waals surface area (Å²) in [5.74, 6) is 1.01. The zero-order valence-electron chi connectivity index (χ0n) is 10.4. The molecule has 1 saturated heterocycles.